The van der Waals surface area contributed by atoms with Crippen molar-refractivity contribution in [1.29, 1.82) is 0 Å². The zero-order valence-electron chi connectivity index (χ0n) is 15.1. The Morgan fingerprint density at radius 2 is 1.65 bits per heavy atom. The summed E-state index contributed by atoms with van der Waals surface area (Å²) in [7, 11) is -3.50. The van der Waals surface area contributed by atoms with E-state index in [0.717, 1.165) is 22.0 Å². The molecule has 26 heavy (non-hydrogen) atoms. The van der Waals surface area contributed by atoms with Crippen molar-refractivity contribution in [2.75, 3.05) is 19.6 Å². The topological polar surface area (TPSA) is 65.2 Å². The Labute approximate surface area is 155 Å². The number of aromatic nitrogens is 1. The van der Waals surface area contributed by atoms with E-state index in [4.69, 9.17) is 0 Å². The first-order valence-corrected chi connectivity index (χ1v) is 10.4. The van der Waals surface area contributed by atoms with Crippen LogP contribution in [-0.2, 0) is 10.2 Å². The van der Waals surface area contributed by atoms with Crippen LogP contribution in [0.1, 0.15) is 30.9 Å². The Kier molecular flexibility index (Phi) is 5.76. The molecule has 0 unspecified atom stereocenters. The third-order valence-corrected chi connectivity index (χ3v) is 6.44. The van der Waals surface area contributed by atoms with Crippen LogP contribution in [0, 0.1) is 0 Å². The lowest BCUT2D eigenvalue weighted by Gasteiger charge is -2.22. The van der Waals surface area contributed by atoms with Crippen LogP contribution in [0.4, 0.5) is 0 Å². The van der Waals surface area contributed by atoms with Crippen molar-refractivity contribution in [3.8, 4) is 0 Å². The molecule has 0 amide bonds. The molecule has 0 radical (unpaired) electrons. The van der Waals surface area contributed by atoms with Gasteiger partial charge in [-0.1, -0.05) is 62.4 Å². The summed E-state index contributed by atoms with van der Waals surface area (Å²) in [6.45, 7) is 4.91. The molecule has 3 aromatic rings. The first-order chi connectivity index (χ1) is 12.6. The Morgan fingerprint density at radius 3 is 2.35 bits per heavy atom. The molecule has 1 atom stereocenters. The fraction of sp³-hybridized carbons (Fsp3) is 0.300. The molecule has 0 bridgehead atoms. The predicted molar refractivity (Wildman–Crippen MR) is 106 cm³/mol. The number of benzene rings is 2. The molecule has 5 nitrogen and oxygen atoms in total. The molecular weight excluding hydrogens is 346 g/mol. The van der Waals surface area contributed by atoms with Crippen molar-refractivity contribution in [3.63, 3.8) is 0 Å². The molecule has 0 saturated heterocycles. The van der Waals surface area contributed by atoms with Gasteiger partial charge >= 0.3 is 0 Å². The normalized spacial score (nSPS) is 13.3. The lowest BCUT2D eigenvalue weighted by Crippen LogP contribution is -2.42. The average molecular weight is 372 g/mol. The van der Waals surface area contributed by atoms with E-state index in [-0.39, 0.29) is 5.92 Å². The smallest absolute Gasteiger partial charge is 0.279 e. The summed E-state index contributed by atoms with van der Waals surface area (Å²) in [5.74, 6) is -0.0716. The second kappa shape index (κ2) is 8.03. The zero-order chi connectivity index (χ0) is 18.6. The highest BCUT2D eigenvalue weighted by molar-refractivity contribution is 7.87. The van der Waals surface area contributed by atoms with E-state index < -0.39 is 10.2 Å². The van der Waals surface area contributed by atoms with Crippen molar-refractivity contribution in [2.24, 2.45) is 0 Å². The van der Waals surface area contributed by atoms with Crippen LogP contribution >= 0.6 is 0 Å². The molecule has 138 valence electrons. The standard InChI is InChI=1S/C20H25N3O2S/c1-3-23(4-2)26(24,25)22-15-18(16-10-6-5-7-11-16)19-14-21-20-13-9-8-12-17(19)20/h5-14,18,21-22H,3-4,15H2,1-2H3/t18-/m1/s1. The van der Waals surface area contributed by atoms with Gasteiger partial charge in [0.05, 0.1) is 0 Å². The fourth-order valence-electron chi connectivity index (χ4n) is 3.32. The molecule has 0 spiro atoms. The van der Waals surface area contributed by atoms with E-state index in [9.17, 15) is 8.42 Å². The summed E-state index contributed by atoms with van der Waals surface area (Å²) in [4.78, 5) is 3.29. The molecule has 0 aliphatic rings. The van der Waals surface area contributed by atoms with Crippen LogP contribution in [0.2, 0.25) is 0 Å². The maximum atomic E-state index is 12.6. The highest BCUT2D eigenvalue weighted by Gasteiger charge is 2.23. The minimum atomic E-state index is -3.50. The summed E-state index contributed by atoms with van der Waals surface area (Å²) in [6, 6.07) is 18.1. The van der Waals surface area contributed by atoms with E-state index in [1.54, 1.807) is 0 Å². The van der Waals surface area contributed by atoms with Crippen molar-refractivity contribution < 1.29 is 8.42 Å². The Balaban J connectivity index is 1.95. The monoisotopic (exact) mass is 371 g/mol. The molecule has 0 saturated carbocycles. The number of hydrogen-bond donors (Lipinski definition) is 2. The summed E-state index contributed by atoms with van der Waals surface area (Å²) in [6.07, 6.45) is 1.98. The third kappa shape index (κ3) is 3.82. The van der Waals surface area contributed by atoms with Gasteiger partial charge in [0.25, 0.3) is 10.2 Å². The van der Waals surface area contributed by atoms with Gasteiger partial charge in [-0.25, -0.2) is 4.72 Å². The highest BCUT2D eigenvalue weighted by Crippen LogP contribution is 2.30. The Bertz CT molecular complexity index is 947. The van der Waals surface area contributed by atoms with Gasteiger partial charge in [-0.3, -0.25) is 0 Å². The van der Waals surface area contributed by atoms with Crippen molar-refractivity contribution >= 4 is 21.1 Å². The van der Waals surface area contributed by atoms with Crippen LogP contribution in [0.5, 0.6) is 0 Å². The lowest BCUT2D eigenvalue weighted by molar-refractivity contribution is 0.434. The van der Waals surface area contributed by atoms with E-state index in [2.05, 4.69) is 15.8 Å². The van der Waals surface area contributed by atoms with E-state index in [0.29, 0.717) is 19.6 Å². The molecular formula is C20H25N3O2S. The second-order valence-electron chi connectivity index (χ2n) is 6.19. The van der Waals surface area contributed by atoms with Crippen LogP contribution in [0.15, 0.2) is 60.8 Å². The van der Waals surface area contributed by atoms with Gasteiger partial charge in [0.1, 0.15) is 0 Å². The van der Waals surface area contributed by atoms with E-state index >= 15 is 0 Å². The van der Waals surface area contributed by atoms with Gasteiger partial charge in [0, 0.05) is 42.7 Å². The molecule has 1 aromatic heterocycles. The minimum Gasteiger partial charge on any atom is -0.361 e. The van der Waals surface area contributed by atoms with Gasteiger partial charge in [-0.15, -0.1) is 0 Å². The molecule has 3 rings (SSSR count). The predicted octanol–water partition coefficient (Wildman–Crippen LogP) is 3.48. The van der Waals surface area contributed by atoms with Crippen molar-refractivity contribution in [3.05, 3.63) is 71.9 Å². The Hall–Kier alpha value is -2.15. The number of fused-ring (bicyclic) bond motifs is 1. The zero-order valence-corrected chi connectivity index (χ0v) is 16.0. The summed E-state index contributed by atoms with van der Waals surface area (Å²) < 4.78 is 29.4. The van der Waals surface area contributed by atoms with E-state index in [1.807, 2.05) is 68.6 Å². The highest BCUT2D eigenvalue weighted by atomic mass is 32.2. The van der Waals surface area contributed by atoms with Crippen LogP contribution in [-0.4, -0.2) is 37.3 Å². The number of H-pyrrole nitrogens is 1. The van der Waals surface area contributed by atoms with Gasteiger partial charge in [0.15, 0.2) is 0 Å². The van der Waals surface area contributed by atoms with Gasteiger partial charge in [-0.05, 0) is 17.2 Å². The summed E-state index contributed by atoms with van der Waals surface area (Å²) >= 11 is 0. The lowest BCUT2D eigenvalue weighted by atomic mass is 9.91. The second-order valence-corrected chi connectivity index (χ2v) is 7.95. The number of para-hydroxylation sites is 1. The number of hydrogen-bond acceptors (Lipinski definition) is 2. The fourth-order valence-corrected chi connectivity index (χ4v) is 4.56. The van der Waals surface area contributed by atoms with E-state index in [1.165, 1.54) is 4.31 Å². The van der Waals surface area contributed by atoms with Crippen molar-refractivity contribution in [2.45, 2.75) is 19.8 Å². The molecule has 0 aliphatic heterocycles. The maximum absolute atomic E-state index is 12.6. The summed E-state index contributed by atoms with van der Waals surface area (Å²) in [5.41, 5.74) is 3.23. The minimum absolute atomic E-state index is 0.0716. The van der Waals surface area contributed by atoms with Crippen LogP contribution < -0.4 is 4.72 Å². The molecule has 1 heterocycles. The van der Waals surface area contributed by atoms with Gasteiger partial charge in [-0.2, -0.15) is 12.7 Å². The SMILES string of the molecule is CCN(CC)S(=O)(=O)NC[C@H](c1ccccc1)c1c[nH]c2ccccc12. The van der Waals surface area contributed by atoms with Crippen molar-refractivity contribution in [1.82, 2.24) is 14.0 Å². The molecule has 2 aromatic carbocycles. The number of nitrogens with one attached hydrogen (secondary N) is 2. The molecule has 0 fully saturated rings. The van der Waals surface area contributed by atoms with Crippen LogP contribution in [0.3, 0.4) is 0 Å². The maximum Gasteiger partial charge on any atom is 0.279 e. The number of aromatic amines is 1. The molecule has 6 heteroatoms. The summed E-state index contributed by atoms with van der Waals surface area (Å²) in [5, 5.41) is 1.11. The Morgan fingerprint density at radius 1 is 1.00 bits per heavy atom. The largest absolute Gasteiger partial charge is 0.361 e. The third-order valence-electron chi connectivity index (χ3n) is 4.71. The number of rotatable bonds is 8. The van der Waals surface area contributed by atoms with Gasteiger partial charge < -0.3 is 4.98 Å². The quantitative estimate of drug-likeness (QED) is 0.637. The van der Waals surface area contributed by atoms with Crippen LogP contribution in [0.25, 0.3) is 10.9 Å². The first kappa shape index (κ1) is 18.6. The van der Waals surface area contributed by atoms with Gasteiger partial charge in [0.2, 0.25) is 0 Å². The number of nitrogens with zero attached hydrogens (tertiary/aromatic N) is 1. The first-order valence-electron chi connectivity index (χ1n) is 8.92. The average Bonchev–Trinajstić information content (AvgIpc) is 3.08. The molecule has 0 aliphatic carbocycles. The molecule has 2 N–H and O–H groups in total.